The largest absolute Gasteiger partial charge is 0.443 e. The number of carbonyl (C=O) groups excluding carboxylic acids is 1. The van der Waals surface area contributed by atoms with Gasteiger partial charge in [-0.05, 0) is 46.9 Å². The number of rotatable bonds is 7. The van der Waals surface area contributed by atoms with E-state index >= 15 is 0 Å². The van der Waals surface area contributed by atoms with Crippen molar-refractivity contribution in [3.63, 3.8) is 0 Å². The number of benzene rings is 2. The lowest BCUT2D eigenvalue weighted by atomic mass is 10.1. The molecule has 8 nitrogen and oxygen atoms in total. The lowest BCUT2D eigenvalue weighted by molar-refractivity contribution is -0.0618. The molecule has 1 amide bonds. The number of amides is 1. The molecule has 0 bridgehead atoms. The zero-order chi connectivity index (χ0) is 20.3. The van der Waals surface area contributed by atoms with Gasteiger partial charge in [-0.3, -0.25) is 9.63 Å². The van der Waals surface area contributed by atoms with Gasteiger partial charge in [0.1, 0.15) is 17.4 Å². The number of aromatic nitrogens is 1. The van der Waals surface area contributed by atoms with E-state index in [1.807, 2.05) is 28.1 Å². The Balaban J connectivity index is 2.00. The van der Waals surface area contributed by atoms with Crippen molar-refractivity contribution in [2.75, 3.05) is 18.5 Å². The van der Waals surface area contributed by atoms with Crippen LogP contribution in [0, 0.1) is 15.2 Å². The number of nitrogens with zero attached hydrogens (tertiary/aromatic N) is 1. The molecule has 0 saturated heterocycles. The minimum Gasteiger partial charge on any atom is -0.443 e. The topological polar surface area (TPSA) is 117 Å². The average Bonchev–Trinajstić information content (AvgIpc) is 3.15. The molecule has 3 rings (SSSR count). The predicted octanol–water partition coefficient (Wildman–Crippen LogP) is 2.47. The first-order chi connectivity index (χ1) is 13.4. The molecule has 2 aromatic carbocycles. The van der Waals surface area contributed by atoms with Crippen LogP contribution in [0.1, 0.15) is 10.4 Å². The smallest absolute Gasteiger partial charge is 0.277 e. The van der Waals surface area contributed by atoms with E-state index in [1.54, 1.807) is 6.07 Å². The molecule has 0 saturated carbocycles. The van der Waals surface area contributed by atoms with Crippen LogP contribution in [-0.4, -0.2) is 40.4 Å². The molecule has 0 aliphatic carbocycles. The number of oxazole rings is 1. The highest BCUT2D eigenvalue weighted by Crippen LogP contribution is 2.32. The molecule has 0 aliphatic rings. The Kier molecular flexibility index (Phi) is 6.39. The normalized spacial score (nSPS) is 11.2. The van der Waals surface area contributed by atoms with Crippen LogP contribution in [0.5, 0.6) is 0 Å². The van der Waals surface area contributed by atoms with Gasteiger partial charge in [-0.2, -0.15) is 0 Å². The first-order valence-electron chi connectivity index (χ1n) is 7.90. The van der Waals surface area contributed by atoms with Crippen LogP contribution in [0.15, 0.2) is 35.1 Å². The third-order valence-corrected chi connectivity index (χ3v) is 4.40. The fourth-order valence-electron chi connectivity index (χ4n) is 2.31. The number of carbonyl (C=O) groups is 1. The fraction of sp³-hybridized carbons (Fsp3) is 0.176. The summed E-state index contributed by atoms with van der Waals surface area (Å²) in [5, 5.41) is 20.6. The van der Waals surface area contributed by atoms with Crippen LogP contribution in [0.3, 0.4) is 0 Å². The van der Waals surface area contributed by atoms with Crippen LogP contribution in [0.4, 0.5) is 20.2 Å². The molecule has 0 radical (unpaired) electrons. The van der Waals surface area contributed by atoms with Gasteiger partial charge in [0.2, 0.25) is 0 Å². The second-order valence-electron chi connectivity index (χ2n) is 5.60. The summed E-state index contributed by atoms with van der Waals surface area (Å²) in [6.45, 7) is -1.10. The van der Waals surface area contributed by atoms with E-state index in [0.717, 1.165) is 6.39 Å². The molecular weight excluding hydrogens is 491 g/mol. The number of aliphatic hydroxyl groups excluding tert-OH is 2. The molecule has 1 heterocycles. The van der Waals surface area contributed by atoms with Crippen LogP contribution in [-0.2, 0) is 4.84 Å². The standard InChI is InChI=1S/C17H14F2IN3O5/c18-11-3-8(20)1-2-12(11)22-15-10(17(26)23-28-9(5-24)6-25)4-13-16(14(15)19)21-7-27-13/h1-4,7,9,22,24-25H,5-6H2,(H,23,26). The molecule has 0 spiro atoms. The zero-order valence-corrected chi connectivity index (χ0v) is 16.2. The van der Waals surface area contributed by atoms with Crippen molar-refractivity contribution >= 4 is 51.0 Å². The summed E-state index contributed by atoms with van der Waals surface area (Å²) in [6, 6.07) is 5.46. The van der Waals surface area contributed by atoms with E-state index in [1.165, 1.54) is 18.2 Å². The molecule has 0 fully saturated rings. The number of fused-ring (bicyclic) bond motifs is 1. The monoisotopic (exact) mass is 505 g/mol. The second kappa shape index (κ2) is 8.77. The fourth-order valence-corrected chi connectivity index (χ4v) is 2.77. The number of anilines is 2. The molecule has 4 N–H and O–H groups in total. The summed E-state index contributed by atoms with van der Waals surface area (Å²) >= 11 is 1.93. The second-order valence-corrected chi connectivity index (χ2v) is 6.84. The Morgan fingerprint density at radius 3 is 2.71 bits per heavy atom. The van der Waals surface area contributed by atoms with Crippen LogP contribution < -0.4 is 10.8 Å². The Morgan fingerprint density at radius 1 is 1.29 bits per heavy atom. The summed E-state index contributed by atoms with van der Waals surface area (Å²) in [5.74, 6) is -2.47. The highest BCUT2D eigenvalue weighted by Gasteiger charge is 2.23. The Hall–Kier alpha value is -2.35. The SMILES string of the molecule is O=C(NOC(CO)CO)c1cc2ocnc2c(F)c1Nc1ccc(I)cc1F. The van der Waals surface area contributed by atoms with Crippen molar-refractivity contribution in [3.05, 3.63) is 51.4 Å². The van der Waals surface area contributed by atoms with Crippen molar-refractivity contribution in [2.24, 2.45) is 0 Å². The van der Waals surface area contributed by atoms with Gasteiger partial charge >= 0.3 is 0 Å². The number of hydroxylamine groups is 1. The summed E-state index contributed by atoms with van der Waals surface area (Å²) in [6.07, 6.45) is -0.0535. The lowest BCUT2D eigenvalue weighted by Gasteiger charge is -2.16. The maximum Gasteiger partial charge on any atom is 0.277 e. The average molecular weight is 505 g/mol. The number of hydrogen-bond donors (Lipinski definition) is 4. The van der Waals surface area contributed by atoms with Crippen molar-refractivity contribution in [3.8, 4) is 0 Å². The van der Waals surface area contributed by atoms with E-state index < -0.39 is 36.9 Å². The van der Waals surface area contributed by atoms with Crippen LogP contribution >= 0.6 is 22.6 Å². The first-order valence-corrected chi connectivity index (χ1v) is 8.98. The molecule has 0 unspecified atom stereocenters. The minimum absolute atomic E-state index is 0.00264. The molecule has 148 valence electrons. The maximum atomic E-state index is 14.9. The predicted molar refractivity (Wildman–Crippen MR) is 103 cm³/mol. The van der Waals surface area contributed by atoms with Gasteiger partial charge in [-0.25, -0.2) is 19.2 Å². The highest BCUT2D eigenvalue weighted by atomic mass is 127. The van der Waals surface area contributed by atoms with Crippen molar-refractivity contribution in [1.82, 2.24) is 10.5 Å². The van der Waals surface area contributed by atoms with Crippen molar-refractivity contribution in [2.45, 2.75) is 6.10 Å². The Bertz CT molecular complexity index is 1010. The van der Waals surface area contributed by atoms with Crippen molar-refractivity contribution in [1.29, 1.82) is 0 Å². The van der Waals surface area contributed by atoms with Gasteiger partial charge < -0.3 is 19.9 Å². The third kappa shape index (κ3) is 4.22. The molecular formula is C17H14F2IN3O5. The van der Waals surface area contributed by atoms with Crippen LogP contribution in [0.2, 0.25) is 0 Å². The molecule has 0 aliphatic heterocycles. The van der Waals surface area contributed by atoms with Crippen LogP contribution in [0.25, 0.3) is 11.1 Å². The van der Waals surface area contributed by atoms with Gasteiger partial charge in [-0.15, -0.1) is 0 Å². The molecule has 11 heteroatoms. The van der Waals surface area contributed by atoms with Gasteiger partial charge in [0.05, 0.1) is 30.2 Å². The van der Waals surface area contributed by atoms with E-state index in [4.69, 9.17) is 19.5 Å². The Labute approximate surface area is 170 Å². The van der Waals surface area contributed by atoms with E-state index in [-0.39, 0.29) is 28.0 Å². The summed E-state index contributed by atoms with van der Waals surface area (Å²) in [4.78, 5) is 21.1. The molecule has 0 atom stereocenters. The van der Waals surface area contributed by atoms with Gasteiger partial charge in [0, 0.05) is 3.57 Å². The molecule has 1 aromatic heterocycles. The number of hydrogen-bond acceptors (Lipinski definition) is 7. The summed E-state index contributed by atoms with van der Waals surface area (Å²) in [5.41, 5.74) is 1.21. The Morgan fingerprint density at radius 2 is 2.04 bits per heavy atom. The maximum absolute atomic E-state index is 14.9. The number of nitrogens with one attached hydrogen (secondary N) is 2. The number of aliphatic hydroxyl groups is 2. The van der Waals surface area contributed by atoms with E-state index in [9.17, 15) is 13.6 Å². The van der Waals surface area contributed by atoms with E-state index in [2.05, 4.69) is 10.3 Å². The summed E-state index contributed by atoms with van der Waals surface area (Å²) in [7, 11) is 0. The zero-order valence-electron chi connectivity index (χ0n) is 14.1. The third-order valence-electron chi connectivity index (χ3n) is 3.73. The van der Waals surface area contributed by atoms with E-state index in [0.29, 0.717) is 3.57 Å². The van der Waals surface area contributed by atoms with Gasteiger partial charge in [-0.1, -0.05) is 0 Å². The summed E-state index contributed by atoms with van der Waals surface area (Å²) < 4.78 is 34.8. The highest BCUT2D eigenvalue weighted by molar-refractivity contribution is 14.1. The lowest BCUT2D eigenvalue weighted by Crippen LogP contribution is -2.34. The van der Waals surface area contributed by atoms with Crippen molar-refractivity contribution < 1.29 is 33.0 Å². The minimum atomic E-state index is -1.06. The quantitative estimate of drug-likeness (QED) is 0.288. The first kappa shape index (κ1) is 20.4. The van der Waals surface area contributed by atoms with Gasteiger partial charge in [0.25, 0.3) is 5.91 Å². The van der Waals surface area contributed by atoms with Gasteiger partial charge in [0.15, 0.2) is 17.8 Å². The molecule has 3 aromatic rings. The molecule has 28 heavy (non-hydrogen) atoms. The number of halogens is 3.